The van der Waals surface area contributed by atoms with Crippen molar-refractivity contribution in [3.63, 3.8) is 0 Å². The Morgan fingerprint density at radius 1 is 1.24 bits per heavy atom. The highest BCUT2D eigenvalue weighted by atomic mass is 35.5. The number of thioether (sulfide) groups is 1. The smallest absolute Gasteiger partial charge is 0.422 e. The summed E-state index contributed by atoms with van der Waals surface area (Å²) in [6, 6.07) is 7.33. The van der Waals surface area contributed by atoms with Gasteiger partial charge in [-0.25, -0.2) is 4.79 Å². The topological polar surface area (TPSA) is 72.3 Å². The summed E-state index contributed by atoms with van der Waals surface area (Å²) in [5, 5.41) is 12.0. The van der Waals surface area contributed by atoms with Crippen molar-refractivity contribution < 1.29 is 22.7 Å². The largest absolute Gasteiger partial charge is 0.440 e. The van der Waals surface area contributed by atoms with Crippen LogP contribution in [0.3, 0.4) is 0 Å². The van der Waals surface area contributed by atoms with E-state index in [9.17, 15) is 18.0 Å². The molecule has 7 nitrogen and oxygen atoms in total. The van der Waals surface area contributed by atoms with E-state index in [1.165, 1.54) is 11.8 Å². The number of anilines is 1. The van der Waals surface area contributed by atoms with Crippen molar-refractivity contribution in [1.29, 1.82) is 0 Å². The van der Waals surface area contributed by atoms with Gasteiger partial charge in [0.05, 0.1) is 10.7 Å². The predicted octanol–water partition coefficient (Wildman–Crippen LogP) is 3.90. The highest BCUT2D eigenvalue weighted by Crippen LogP contribution is 2.31. The van der Waals surface area contributed by atoms with Gasteiger partial charge < -0.3 is 15.0 Å². The molecule has 2 aromatic rings. The molecule has 0 saturated carbocycles. The Bertz CT molecular complexity index is 843. The number of amides is 1. The molecule has 1 N–H and O–H groups in total. The van der Waals surface area contributed by atoms with Crippen LogP contribution in [0.2, 0.25) is 5.02 Å². The van der Waals surface area contributed by atoms with Crippen LogP contribution >= 0.6 is 23.4 Å². The molecule has 12 heteroatoms. The first kappa shape index (κ1) is 21.6. The zero-order valence-electron chi connectivity index (χ0n) is 15.3. The molecule has 0 spiro atoms. The number of aromatic nitrogens is 3. The van der Waals surface area contributed by atoms with Gasteiger partial charge in [-0.2, -0.15) is 13.2 Å². The highest BCUT2D eigenvalue weighted by molar-refractivity contribution is 7.99. The van der Waals surface area contributed by atoms with Crippen LogP contribution < -0.4 is 10.2 Å². The molecule has 1 fully saturated rings. The summed E-state index contributed by atoms with van der Waals surface area (Å²) in [5.41, 5.74) is 0.737. The number of hydrogen-bond acceptors (Lipinski definition) is 6. The van der Waals surface area contributed by atoms with Crippen molar-refractivity contribution in [3.8, 4) is 5.69 Å². The third kappa shape index (κ3) is 5.92. The Kier molecular flexibility index (Phi) is 7.12. The molecule has 1 amide bonds. The van der Waals surface area contributed by atoms with Crippen LogP contribution in [0.25, 0.3) is 5.69 Å². The van der Waals surface area contributed by atoms with Crippen LogP contribution in [0, 0.1) is 0 Å². The SMILES string of the molecule is O=C(NCCSc1nnc(N2CCCC2)n1-c1ccccc1Cl)OCC(F)(F)F. The fourth-order valence-corrected chi connectivity index (χ4v) is 3.83. The number of nitrogens with zero attached hydrogens (tertiary/aromatic N) is 4. The molecule has 1 aromatic carbocycles. The number of carbonyl (C=O) groups is 1. The summed E-state index contributed by atoms with van der Waals surface area (Å²) >= 11 is 7.68. The van der Waals surface area contributed by atoms with E-state index in [0.29, 0.717) is 21.9 Å². The number of halogens is 4. The van der Waals surface area contributed by atoms with E-state index < -0.39 is 18.9 Å². The third-order valence-corrected chi connectivity index (χ3v) is 5.32. The summed E-state index contributed by atoms with van der Waals surface area (Å²) in [6.07, 6.45) is -3.53. The molecule has 0 unspecified atom stereocenters. The van der Waals surface area contributed by atoms with Crippen LogP contribution in [0.4, 0.5) is 23.9 Å². The van der Waals surface area contributed by atoms with E-state index in [2.05, 4.69) is 25.2 Å². The molecular weight excluding hydrogens is 431 g/mol. The minimum absolute atomic E-state index is 0.107. The second kappa shape index (κ2) is 9.57. The van der Waals surface area contributed by atoms with E-state index in [1.54, 1.807) is 6.07 Å². The van der Waals surface area contributed by atoms with E-state index in [1.807, 2.05) is 22.8 Å². The Morgan fingerprint density at radius 2 is 1.97 bits per heavy atom. The standard InChI is InChI=1S/C17H19ClF3N5O2S/c18-12-5-1-2-6-13(12)26-14(25-8-3-4-9-25)23-24-15(26)29-10-7-22-16(27)28-11-17(19,20)21/h1-2,5-6H,3-4,7-11H2,(H,22,27). The number of alkyl carbamates (subject to hydrolysis) is 1. The second-order valence-electron chi connectivity index (χ2n) is 6.23. The number of para-hydroxylation sites is 1. The van der Waals surface area contributed by atoms with Crippen LogP contribution in [-0.4, -0.2) is 59.0 Å². The van der Waals surface area contributed by atoms with E-state index in [4.69, 9.17) is 11.6 Å². The maximum absolute atomic E-state index is 12.1. The zero-order chi connectivity index (χ0) is 20.9. The first-order valence-corrected chi connectivity index (χ1v) is 10.3. The zero-order valence-corrected chi connectivity index (χ0v) is 16.9. The molecular formula is C17H19ClF3N5O2S. The van der Waals surface area contributed by atoms with E-state index >= 15 is 0 Å². The molecule has 1 aromatic heterocycles. The molecule has 3 rings (SSSR count). The van der Waals surface area contributed by atoms with Crippen LogP contribution in [-0.2, 0) is 4.74 Å². The van der Waals surface area contributed by atoms with E-state index in [0.717, 1.165) is 31.6 Å². The quantitative estimate of drug-likeness (QED) is 0.510. The Hall–Kier alpha value is -2.14. The minimum Gasteiger partial charge on any atom is -0.440 e. The van der Waals surface area contributed by atoms with Crippen molar-refractivity contribution >= 4 is 35.4 Å². The van der Waals surface area contributed by atoms with Gasteiger partial charge in [0, 0.05) is 25.4 Å². The Morgan fingerprint density at radius 3 is 2.66 bits per heavy atom. The summed E-state index contributed by atoms with van der Waals surface area (Å²) < 4.78 is 42.1. The molecule has 0 atom stereocenters. The number of hydrogen-bond donors (Lipinski definition) is 1. The monoisotopic (exact) mass is 449 g/mol. The molecule has 1 saturated heterocycles. The molecule has 158 valence electrons. The first-order valence-electron chi connectivity index (χ1n) is 8.90. The van der Waals surface area contributed by atoms with Crippen molar-refractivity contribution in [2.24, 2.45) is 0 Å². The number of rotatable bonds is 7. The van der Waals surface area contributed by atoms with Crippen molar-refractivity contribution in [2.45, 2.75) is 24.2 Å². The highest BCUT2D eigenvalue weighted by Gasteiger charge is 2.29. The van der Waals surface area contributed by atoms with Crippen molar-refractivity contribution in [3.05, 3.63) is 29.3 Å². The normalized spacial score (nSPS) is 14.3. The molecule has 29 heavy (non-hydrogen) atoms. The van der Waals surface area contributed by atoms with Crippen LogP contribution in [0.5, 0.6) is 0 Å². The number of benzene rings is 1. The molecule has 1 aliphatic rings. The molecule has 0 bridgehead atoms. The van der Waals surface area contributed by atoms with Gasteiger partial charge in [0.2, 0.25) is 5.95 Å². The molecule has 0 aliphatic carbocycles. The number of nitrogens with one attached hydrogen (secondary N) is 1. The van der Waals surface area contributed by atoms with Gasteiger partial charge >= 0.3 is 12.3 Å². The molecule has 1 aliphatic heterocycles. The Labute approximate surface area is 174 Å². The third-order valence-electron chi connectivity index (χ3n) is 4.07. The average molecular weight is 450 g/mol. The lowest BCUT2D eigenvalue weighted by Gasteiger charge is -2.19. The molecule has 2 heterocycles. The molecule has 0 radical (unpaired) electrons. The lowest BCUT2D eigenvalue weighted by atomic mass is 10.3. The van der Waals surface area contributed by atoms with Gasteiger partial charge in [0.15, 0.2) is 11.8 Å². The maximum Gasteiger partial charge on any atom is 0.422 e. The van der Waals surface area contributed by atoms with Gasteiger partial charge in [-0.05, 0) is 25.0 Å². The number of ether oxygens (including phenoxy) is 1. The van der Waals surface area contributed by atoms with Crippen LogP contribution in [0.1, 0.15) is 12.8 Å². The Balaban J connectivity index is 1.65. The summed E-state index contributed by atoms with van der Waals surface area (Å²) in [4.78, 5) is 13.4. The predicted molar refractivity (Wildman–Crippen MR) is 104 cm³/mol. The fraction of sp³-hybridized carbons (Fsp3) is 0.471. The van der Waals surface area contributed by atoms with Crippen LogP contribution in [0.15, 0.2) is 29.4 Å². The number of alkyl halides is 3. The van der Waals surface area contributed by atoms with Gasteiger partial charge in [-0.1, -0.05) is 35.5 Å². The van der Waals surface area contributed by atoms with Gasteiger partial charge in [0.1, 0.15) is 0 Å². The lowest BCUT2D eigenvalue weighted by Crippen LogP contribution is -2.30. The summed E-state index contributed by atoms with van der Waals surface area (Å²) in [5.74, 6) is 1.06. The van der Waals surface area contributed by atoms with Gasteiger partial charge in [-0.15, -0.1) is 10.2 Å². The second-order valence-corrected chi connectivity index (χ2v) is 7.70. The van der Waals surface area contributed by atoms with Gasteiger partial charge in [0.25, 0.3) is 0 Å². The summed E-state index contributed by atoms with van der Waals surface area (Å²) in [7, 11) is 0. The maximum atomic E-state index is 12.1. The fourth-order valence-electron chi connectivity index (χ4n) is 2.82. The number of carbonyl (C=O) groups excluding carboxylic acids is 1. The average Bonchev–Trinajstić information content (AvgIpc) is 3.33. The first-order chi connectivity index (χ1) is 13.8. The van der Waals surface area contributed by atoms with E-state index in [-0.39, 0.29) is 6.54 Å². The lowest BCUT2D eigenvalue weighted by molar-refractivity contribution is -0.160. The van der Waals surface area contributed by atoms with Gasteiger partial charge in [-0.3, -0.25) is 4.57 Å². The van der Waals surface area contributed by atoms with Crippen molar-refractivity contribution in [2.75, 3.05) is 36.9 Å². The van der Waals surface area contributed by atoms with Crippen molar-refractivity contribution in [1.82, 2.24) is 20.1 Å². The summed E-state index contributed by atoms with van der Waals surface area (Å²) in [6.45, 7) is 0.238. The minimum atomic E-state index is -4.55.